The molecule has 8 aromatic carbocycles. The maximum Gasteiger partial charge on any atom is 0.213 e. The van der Waals surface area contributed by atoms with Crippen molar-refractivity contribution in [1.29, 1.82) is 0 Å². The number of hydrogen-bond acceptors (Lipinski definition) is 5. The summed E-state index contributed by atoms with van der Waals surface area (Å²) in [5.74, 6) is 1.57. The van der Waals surface area contributed by atoms with E-state index in [1.54, 1.807) is 36.4 Å². The van der Waals surface area contributed by atoms with Gasteiger partial charge in [0, 0.05) is 11.1 Å². The van der Waals surface area contributed by atoms with Gasteiger partial charge >= 0.3 is 0 Å². The van der Waals surface area contributed by atoms with Crippen LogP contribution in [-0.2, 0) is 10.9 Å². The molecular weight excluding hydrogens is 773 g/mol. The normalized spacial score (nSPS) is 12.5. The van der Waals surface area contributed by atoms with Gasteiger partial charge in [-0.2, -0.15) is 0 Å². The van der Waals surface area contributed by atoms with Crippen LogP contribution in [0.1, 0.15) is 53.9 Å². The van der Waals surface area contributed by atoms with Crippen molar-refractivity contribution >= 4 is 16.9 Å². The Morgan fingerprint density at radius 3 is 1.34 bits per heavy atom. The van der Waals surface area contributed by atoms with Crippen molar-refractivity contribution in [2.45, 2.75) is 52.7 Å². The number of carboxylic acid groups (broad SMARTS) is 1. The summed E-state index contributed by atoms with van der Waals surface area (Å²) in [4.78, 5) is 16.6. The van der Waals surface area contributed by atoms with E-state index in [1.165, 1.54) is 58.4 Å². The molecule has 0 atom stereocenters. The molecule has 0 aliphatic heterocycles. The summed E-state index contributed by atoms with van der Waals surface area (Å²) >= 11 is 0. The molecule has 0 spiro atoms. The molecule has 1 fully saturated rings. The van der Waals surface area contributed by atoms with E-state index in [0.29, 0.717) is 28.4 Å². The Bertz CT molecular complexity index is 2540. The van der Waals surface area contributed by atoms with E-state index in [9.17, 15) is 9.90 Å². The lowest BCUT2D eigenvalue weighted by Gasteiger charge is -2.23. The Balaban J connectivity index is 0.000000180. The van der Waals surface area contributed by atoms with Crippen LogP contribution in [0.15, 0.2) is 227 Å². The second-order valence-electron chi connectivity index (χ2n) is 14.7. The maximum atomic E-state index is 12.4. The van der Waals surface area contributed by atoms with Crippen LogP contribution >= 0.6 is 0 Å². The second kappa shape index (κ2) is 20.3. The third-order valence-corrected chi connectivity index (χ3v) is 12.8. The Morgan fingerprint density at radius 1 is 0.459 bits per heavy atom. The monoisotopic (exact) mass is 818 g/mol. The zero-order valence-corrected chi connectivity index (χ0v) is 34.6. The molecule has 0 bridgehead atoms. The summed E-state index contributed by atoms with van der Waals surface area (Å²) < 4.78 is 18.8. The first-order valence-electron chi connectivity index (χ1n) is 20.7. The molecule has 61 heavy (non-hydrogen) atoms. The van der Waals surface area contributed by atoms with E-state index in [4.69, 9.17) is 14.2 Å². The fourth-order valence-electron chi connectivity index (χ4n) is 7.60. The van der Waals surface area contributed by atoms with Crippen molar-refractivity contribution in [2.24, 2.45) is 0 Å². The Morgan fingerprint density at radius 2 is 0.869 bits per heavy atom. The standard InChI is InChI=1S/C31H22O5.C24H25S/c32-31(33)26-21-27(34-23-15-7-2-8-16-23)29(35-24-17-9-3-10-18-24)30(36-25-19-11-4-12-20-25)28(26)22-13-5-1-6-14-22;1-4-10-20(11-5-1)21-16-18-24(19-17-21)25(22-12-6-2-7-13-22)23-14-8-3-9-15-23/h1-21H,(H,32,33);2-3,6-9,12-20H,1,4-5,10-11H2/q;+1/p-1. The number of carboxylic acids is 1. The number of carbonyl (C=O) groups is 1. The van der Waals surface area contributed by atoms with E-state index in [2.05, 4.69) is 84.9 Å². The third kappa shape index (κ3) is 10.4. The molecule has 0 saturated heterocycles. The molecule has 9 rings (SSSR count). The summed E-state index contributed by atoms with van der Waals surface area (Å²) in [6.07, 6.45) is 6.93. The molecule has 1 saturated carbocycles. The van der Waals surface area contributed by atoms with Crippen LogP contribution in [0.4, 0.5) is 0 Å². The SMILES string of the molecule is O=C([O-])c1cc(Oc2ccccc2)c(Oc2ccccc2)c(Oc2ccccc2)c1-c1ccccc1.c1ccc([S+](c2ccccc2)c2ccc(C3CCCCC3)cc2)cc1. The van der Waals surface area contributed by atoms with E-state index < -0.39 is 5.97 Å². The van der Waals surface area contributed by atoms with Crippen LogP contribution in [0.2, 0.25) is 0 Å². The molecule has 1 aliphatic carbocycles. The van der Waals surface area contributed by atoms with Gasteiger partial charge < -0.3 is 24.1 Å². The minimum absolute atomic E-state index is 0.0278. The summed E-state index contributed by atoms with van der Waals surface area (Å²) in [5, 5.41) is 12.4. The maximum absolute atomic E-state index is 12.4. The van der Waals surface area contributed by atoms with Crippen molar-refractivity contribution in [2.75, 3.05) is 0 Å². The first-order chi connectivity index (χ1) is 30.1. The van der Waals surface area contributed by atoms with Crippen molar-refractivity contribution < 1.29 is 24.1 Å². The summed E-state index contributed by atoms with van der Waals surface area (Å²) in [6, 6.07) is 69.2. The van der Waals surface area contributed by atoms with Crippen LogP contribution in [0.5, 0.6) is 34.5 Å². The van der Waals surface area contributed by atoms with Gasteiger partial charge in [-0.3, -0.25) is 0 Å². The minimum Gasteiger partial charge on any atom is -0.545 e. The zero-order valence-electron chi connectivity index (χ0n) is 33.8. The molecular formula is C55H46O5S. The highest BCUT2D eigenvalue weighted by Gasteiger charge is 2.29. The van der Waals surface area contributed by atoms with Crippen LogP contribution in [0, 0.1) is 0 Å². The largest absolute Gasteiger partial charge is 0.545 e. The van der Waals surface area contributed by atoms with Gasteiger partial charge in [-0.1, -0.05) is 153 Å². The van der Waals surface area contributed by atoms with Crippen molar-refractivity contribution in [3.05, 3.63) is 223 Å². The highest BCUT2D eigenvalue weighted by molar-refractivity contribution is 7.97. The van der Waals surface area contributed by atoms with Crippen LogP contribution < -0.4 is 19.3 Å². The summed E-state index contributed by atoms with van der Waals surface area (Å²) in [7, 11) is -0.0278. The zero-order chi connectivity index (χ0) is 41.6. The van der Waals surface area contributed by atoms with Crippen molar-refractivity contribution in [3.8, 4) is 45.6 Å². The molecule has 1 aliphatic rings. The average molecular weight is 819 g/mol. The second-order valence-corrected chi connectivity index (χ2v) is 16.7. The molecule has 0 amide bonds. The van der Waals surface area contributed by atoms with E-state index in [-0.39, 0.29) is 33.7 Å². The predicted molar refractivity (Wildman–Crippen MR) is 243 cm³/mol. The Kier molecular flexibility index (Phi) is 13.6. The van der Waals surface area contributed by atoms with E-state index >= 15 is 0 Å². The van der Waals surface area contributed by atoms with Gasteiger partial charge in [-0.05, 0) is 109 Å². The number of aromatic carboxylic acids is 1. The van der Waals surface area contributed by atoms with Gasteiger partial charge in [0.15, 0.2) is 26.2 Å². The third-order valence-electron chi connectivity index (χ3n) is 10.5. The lowest BCUT2D eigenvalue weighted by atomic mass is 9.84. The molecule has 0 unspecified atom stereocenters. The Hall–Kier alpha value is -7.02. The quantitative estimate of drug-likeness (QED) is 0.115. The van der Waals surface area contributed by atoms with Crippen molar-refractivity contribution in [3.63, 3.8) is 0 Å². The molecule has 0 heterocycles. The molecule has 0 radical (unpaired) electrons. The lowest BCUT2D eigenvalue weighted by molar-refractivity contribution is -0.255. The van der Waals surface area contributed by atoms with Crippen LogP contribution in [0.25, 0.3) is 11.1 Å². The van der Waals surface area contributed by atoms with Crippen LogP contribution in [-0.4, -0.2) is 5.97 Å². The molecule has 0 aromatic heterocycles. The molecule has 5 nitrogen and oxygen atoms in total. The molecule has 6 heteroatoms. The smallest absolute Gasteiger partial charge is 0.213 e. The average Bonchev–Trinajstić information content (AvgIpc) is 3.33. The first-order valence-corrected chi connectivity index (χ1v) is 21.9. The number of benzene rings is 8. The van der Waals surface area contributed by atoms with E-state index in [0.717, 1.165) is 5.92 Å². The van der Waals surface area contributed by atoms with Gasteiger partial charge in [0.25, 0.3) is 0 Å². The number of carbonyl (C=O) groups excluding carboxylic acids is 1. The van der Waals surface area contributed by atoms with Crippen molar-refractivity contribution in [1.82, 2.24) is 0 Å². The predicted octanol–water partition coefficient (Wildman–Crippen LogP) is 13.9. The van der Waals surface area contributed by atoms with Gasteiger partial charge in [0.2, 0.25) is 5.75 Å². The minimum atomic E-state index is -1.36. The first kappa shape index (κ1) is 40.7. The lowest BCUT2D eigenvalue weighted by Crippen LogP contribution is -2.23. The number of rotatable bonds is 12. The molecule has 0 N–H and O–H groups in total. The molecule has 302 valence electrons. The number of hydrogen-bond donors (Lipinski definition) is 0. The summed E-state index contributed by atoms with van der Waals surface area (Å²) in [6.45, 7) is 0. The van der Waals surface area contributed by atoms with Gasteiger partial charge in [0.05, 0.1) is 16.9 Å². The summed E-state index contributed by atoms with van der Waals surface area (Å²) in [5.41, 5.74) is 2.41. The number of para-hydroxylation sites is 3. The molecule has 8 aromatic rings. The highest BCUT2D eigenvalue weighted by atomic mass is 32.2. The number of ether oxygens (including phenoxy) is 3. The van der Waals surface area contributed by atoms with E-state index in [1.807, 2.05) is 84.9 Å². The highest BCUT2D eigenvalue weighted by Crippen LogP contribution is 2.51. The van der Waals surface area contributed by atoms with Gasteiger partial charge in [-0.25, -0.2) is 0 Å². The Labute approximate surface area is 361 Å². The van der Waals surface area contributed by atoms with Gasteiger partial charge in [0.1, 0.15) is 17.2 Å². The van der Waals surface area contributed by atoms with Gasteiger partial charge in [-0.15, -0.1) is 0 Å². The topological polar surface area (TPSA) is 67.8 Å². The van der Waals surface area contributed by atoms with Crippen LogP contribution in [0.3, 0.4) is 0 Å². The fraction of sp³-hybridized carbons (Fsp3) is 0.109. The fourth-order valence-corrected chi connectivity index (χ4v) is 9.68.